The van der Waals surface area contributed by atoms with Crippen LogP contribution in [0.3, 0.4) is 0 Å². The van der Waals surface area contributed by atoms with E-state index in [2.05, 4.69) is 25.9 Å². The number of hydrogen-bond donors (Lipinski definition) is 10. The van der Waals surface area contributed by atoms with Crippen LogP contribution in [0.4, 0.5) is 0 Å². The maximum absolute atomic E-state index is 12.7. The van der Waals surface area contributed by atoms with Crippen molar-refractivity contribution in [1.29, 1.82) is 0 Å². The first-order chi connectivity index (χ1) is 16.8. The van der Waals surface area contributed by atoms with Crippen LogP contribution in [-0.2, 0) is 24.0 Å². The summed E-state index contributed by atoms with van der Waals surface area (Å²) in [5, 5.41) is 16.3. The average Bonchev–Trinajstić information content (AvgIpc) is 2.78. The fraction of sp³-hybridized carbons (Fsp3) is 0.632. The van der Waals surface area contributed by atoms with Gasteiger partial charge in [0, 0.05) is 19.5 Å². The van der Waals surface area contributed by atoms with Gasteiger partial charge in [0.2, 0.25) is 23.6 Å². The molecule has 0 heterocycles. The molecule has 0 aromatic rings. The Balaban J connectivity index is 4.99. The Morgan fingerprint density at radius 1 is 0.750 bits per heavy atom. The highest BCUT2D eigenvalue weighted by Crippen LogP contribution is 2.03. The number of rotatable bonds is 18. The van der Waals surface area contributed by atoms with Crippen molar-refractivity contribution in [1.82, 2.24) is 16.0 Å². The zero-order valence-electron chi connectivity index (χ0n) is 19.9. The van der Waals surface area contributed by atoms with Crippen LogP contribution in [-0.4, -0.2) is 84.4 Å². The quantitative estimate of drug-likeness (QED) is 0.0467. The highest BCUT2D eigenvalue weighted by molar-refractivity contribution is 5.92. The second kappa shape index (κ2) is 17.3. The van der Waals surface area contributed by atoms with Crippen LogP contribution in [0.25, 0.3) is 0 Å². The van der Waals surface area contributed by atoms with Gasteiger partial charge in [0.15, 0.2) is 11.9 Å². The SMILES string of the molecule is NC(=O)CCC(NC(=O)C(CCCN=C(N)N)NC(=O)CNC(=O)C(N)CCCN=C(N)N)C(=O)O. The first-order valence-electron chi connectivity index (χ1n) is 11.1. The average molecular weight is 516 g/mol. The molecule has 16 N–H and O–H groups in total. The third-order valence-electron chi connectivity index (χ3n) is 4.62. The topological polar surface area (TPSA) is 323 Å². The summed E-state index contributed by atoms with van der Waals surface area (Å²) in [6.45, 7) is -0.0448. The molecular formula is C19H37N11O6. The molecule has 0 rings (SSSR count). The Hall–Kier alpha value is -4.15. The zero-order chi connectivity index (χ0) is 27.7. The van der Waals surface area contributed by atoms with E-state index in [1.165, 1.54) is 0 Å². The standard InChI is InChI=1S/C19H37N11O6/c20-10(3-1-7-26-18(22)23)15(33)28-9-14(32)29-11(4-2-8-27-19(24)25)16(34)30-12(17(35)36)5-6-13(21)31/h10-12H,1-9,20H2,(H2,21,31)(H,28,33)(H,29,32)(H,30,34)(H,35,36)(H4,22,23,26)(H4,24,25,27). The maximum Gasteiger partial charge on any atom is 0.326 e. The maximum atomic E-state index is 12.7. The summed E-state index contributed by atoms with van der Waals surface area (Å²) in [5.74, 6) is -4.48. The summed E-state index contributed by atoms with van der Waals surface area (Å²) in [6.07, 6.45) is 0.523. The highest BCUT2D eigenvalue weighted by atomic mass is 16.4. The number of nitrogens with zero attached hydrogens (tertiary/aromatic N) is 2. The monoisotopic (exact) mass is 515 g/mol. The van der Waals surface area contributed by atoms with Gasteiger partial charge in [-0.25, -0.2) is 4.79 Å². The van der Waals surface area contributed by atoms with Gasteiger partial charge in [-0.05, 0) is 32.1 Å². The predicted octanol–water partition coefficient (Wildman–Crippen LogP) is -5.14. The van der Waals surface area contributed by atoms with Gasteiger partial charge in [-0.15, -0.1) is 0 Å². The van der Waals surface area contributed by atoms with Gasteiger partial charge >= 0.3 is 5.97 Å². The molecule has 0 aliphatic rings. The van der Waals surface area contributed by atoms with E-state index in [-0.39, 0.29) is 57.1 Å². The van der Waals surface area contributed by atoms with Crippen LogP contribution in [0.2, 0.25) is 0 Å². The van der Waals surface area contributed by atoms with Crippen LogP contribution in [0.5, 0.6) is 0 Å². The minimum Gasteiger partial charge on any atom is -0.480 e. The number of carboxylic acids is 1. The van der Waals surface area contributed by atoms with Crippen LogP contribution >= 0.6 is 0 Å². The zero-order valence-corrected chi connectivity index (χ0v) is 19.9. The molecule has 17 heteroatoms. The molecule has 0 radical (unpaired) electrons. The lowest BCUT2D eigenvalue weighted by atomic mass is 10.1. The largest absolute Gasteiger partial charge is 0.480 e. The van der Waals surface area contributed by atoms with Gasteiger partial charge in [0.05, 0.1) is 12.6 Å². The molecule has 0 saturated carbocycles. The minimum absolute atomic E-state index is 0.0504. The Morgan fingerprint density at radius 3 is 1.81 bits per heavy atom. The van der Waals surface area contributed by atoms with Crippen molar-refractivity contribution in [2.45, 2.75) is 56.7 Å². The summed E-state index contributed by atoms with van der Waals surface area (Å²) >= 11 is 0. The summed E-state index contributed by atoms with van der Waals surface area (Å²) in [6, 6.07) is -3.49. The van der Waals surface area contributed by atoms with Crippen LogP contribution in [0.1, 0.15) is 38.5 Å². The summed E-state index contributed by atoms with van der Waals surface area (Å²) in [5.41, 5.74) is 31.7. The van der Waals surface area contributed by atoms with Gasteiger partial charge in [-0.3, -0.25) is 29.2 Å². The number of aliphatic carboxylic acids is 1. The van der Waals surface area contributed by atoms with Crippen molar-refractivity contribution in [3.05, 3.63) is 0 Å². The molecule has 3 unspecified atom stereocenters. The van der Waals surface area contributed by atoms with Gasteiger partial charge in [-0.2, -0.15) is 0 Å². The Bertz CT molecular complexity index is 825. The summed E-state index contributed by atoms with van der Waals surface area (Å²) in [4.78, 5) is 67.1. The predicted molar refractivity (Wildman–Crippen MR) is 131 cm³/mol. The van der Waals surface area contributed by atoms with Crippen molar-refractivity contribution in [3.63, 3.8) is 0 Å². The van der Waals surface area contributed by atoms with Gasteiger partial charge in [0.25, 0.3) is 0 Å². The second-order valence-electron chi connectivity index (χ2n) is 7.75. The van der Waals surface area contributed by atoms with E-state index >= 15 is 0 Å². The molecule has 0 aliphatic heterocycles. The van der Waals surface area contributed by atoms with Crippen LogP contribution in [0, 0.1) is 0 Å². The van der Waals surface area contributed by atoms with E-state index in [0.717, 1.165) is 0 Å². The molecule has 204 valence electrons. The number of nitrogens with one attached hydrogen (secondary N) is 3. The Labute approximate surface area is 207 Å². The van der Waals surface area contributed by atoms with Crippen molar-refractivity contribution in [3.8, 4) is 0 Å². The second-order valence-corrected chi connectivity index (χ2v) is 7.75. The molecule has 36 heavy (non-hydrogen) atoms. The van der Waals surface area contributed by atoms with E-state index in [1.54, 1.807) is 0 Å². The normalized spacial score (nSPS) is 12.8. The van der Waals surface area contributed by atoms with Crippen molar-refractivity contribution >= 4 is 41.5 Å². The smallest absolute Gasteiger partial charge is 0.326 e. The van der Waals surface area contributed by atoms with Crippen LogP contribution < -0.4 is 50.4 Å². The lowest BCUT2D eigenvalue weighted by Crippen LogP contribution is -2.53. The first kappa shape index (κ1) is 31.8. The molecule has 17 nitrogen and oxygen atoms in total. The van der Waals surface area contributed by atoms with E-state index < -0.39 is 54.3 Å². The minimum atomic E-state index is -1.40. The number of carbonyl (C=O) groups excluding carboxylic acids is 4. The Morgan fingerprint density at radius 2 is 1.31 bits per heavy atom. The van der Waals surface area contributed by atoms with Gasteiger partial charge in [0.1, 0.15) is 12.1 Å². The van der Waals surface area contributed by atoms with E-state index in [1.807, 2.05) is 0 Å². The number of hydrogen-bond acceptors (Lipinski definition) is 8. The molecular weight excluding hydrogens is 478 g/mol. The number of primary amides is 1. The third-order valence-corrected chi connectivity index (χ3v) is 4.62. The summed E-state index contributed by atoms with van der Waals surface area (Å²) < 4.78 is 0. The van der Waals surface area contributed by atoms with Crippen LogP contribution in [0.15, 0.2) is 9.98 Å². The molecule has 0 aliphatic carbocycles. The van der Waals surface area contributed by atoms with Crippen molar-refractivity contribution in [2.75, 3.05) is 19.6 Å². The summed E-state index contributed by atoms with van der Waals surface area (Å²) in [7, 11) is 0. The van der Waals surface area contributed by atoms with E-state index in [9.17, 15) is 29.1 Å². The Kier molecular flexibility index (Phi) is 15.3. The van der Waals surface area contributed by atoms with Gasteiger partial charge in [-0.1, -0.05) is 0 Å². The molecule has 0 saturated heterocycles. The molecule has 0 bridgehead atoms. The van der Waals surface area contributed by atoms with E-state index in [4.69, 9.17) is 34.4 Å². The number of amides is 4. The molecule has 0 fully saturated rings. The van der Waals surface area contributed by atoms with Crippen molar-refractivity contribution in [2.24, 2.45) is 44.4 Å². The molecule has 4 amide bonds. The molecule has 0 aromatic carbocycles. The fourth-order valence-corrected chi connectivity index (χ4v) is 2.78. The fourth-order valence-electron chi connectivity index (χ4n) is 2.78. The lowest BCUT2D eigenvalue weighted by molar-refractivity contribution is -0.142. The number of nitrogens with two attached hydrogens (primary N) is 6. The highest BCUT2D eigenvalue weighted by Gasteiger charge is 2.27. The lowest BCUT2D eigenvalue weighted by Gasteiger charge is -2.21. The molecule has 0 aromatic heterocycles. The van der Waals surface area contributed by atoms with E-state index in [0.29, 0.717) is 6.42 Å². The van der Waals surface area contributed by atoms with Crippen molar-refractivity contribution < 1.29 is 29.1 Å². The number of guanidine groups is 2. The molecule has 3 atom stereocenters. The number of carboxylic acid groups (broad SMARTS) is 1. The third kappa shape index (κ3) is 15.6. The molecule has 0 spiro atoms. The number of aliphatic imine (C=N–C) groups is 2. The van der Waals surface area contributed by atoms with Gasteiger partial charge < -0.3 is 55.5 Å². The first-order valence-corrected chi connectivity index (χ1v) is 11.1. The number of carbonyl (C=O) groups is 5.